The maximum atomic E-state index is 13.2. The van der Waals surface area contributed by atoms with Gasteiger partial charge >= 0.3 is 0 Å². The number of aromatic nitrogens is 2. The monoisotopic (exact) mass is 479 g/mol. The number of H-pyrrole nitrogens is 1. The average molecular weight is 480 g/mol. The van der Waals surface area contributed by atoms with Gasteiger partial charge < -0.3 is 0 Å². The van der Waals surface area contributed by atoms with Gasteiger partial charge in [0.05, 0.1) is 27.0 Å². The second-order valence-corrected chi connectivity index (χ2v) is 11.2. The van der Waals surface area contributed by atoms with Crippen molar-refractivity contribution < 1.29 is 0 Å². The average Bonchev–Trinajstić information content (AvgIpc) is 3.07. The van der Waals surface area contributed by atoms with Gasteiger partial charge in [0, 0.05) is 11.9 Å². The molecule has 0 atom stereocenters. The summed E-state index contributed by atoms with van der Waals surface area (Å²) in [7, 11) is 0. The van der Waals surface area contributed by atoms with Gasteiger partial charge in [-0.2, -0.15) is 0 Å². The summed E-state index contributed by atoms with van der Waals surface area (Å²) in [4.78, 5) is 17.6. The van der Waals surface area contributed by atoms with Crippen LogP contribution in [0.1, 0.15) is 55.3 Å². The Bertz CT molecular complexity index is 1270. The van der Waals surface area contributed by atoms with Crippen LogP contribution < -0.4 is 5.56 Å². The SMILES string of the molecule is Cc1[nH]n(-c2ccc(C34CC5CC(CC(C5)C3)C4)cc2)c(=O)c1C=Nc1cccc(Cl)c1Cl. The molecular weight excluding hydrogens is 453 g/mol. The summed E-state index contributed by atoms with van der Waals surface area (Å²) >= 11 is 12.3. The maximum absolute atomic E-state index is 13.2. The zero-order valence-corrected chi connectivity index (χ0v) is 20.2. The van der Waals surface area contributed by atoms with Crippen LogP contribution in [0.15, 0.2) is 52.3 Å². The van der Waals surface area contributed by atoms with Crippen LogP contribution in [-0.2, 0) is 5.41 Å². The van der Waals surface area contributed by atoms with Gasteiger partial charge in [0.15, 0.2) is 0 Å². The predicted octanol–water partition coefficient (Wildman–Crippen LogP) is 7.00. The largest absolute Gasteiger partial charge is 0.295 e. The topological polar surface area (TPSA) is 50.1 Å². The lowest BCUT2D eigenvalue weighted by Crippen LogP contribution is -2.48. The van der Waals surface area contributed by atoms with Gasteiger partial charge in [0.2, 0.25) is 0 Å². The molecule has 4 saturated carbocycles. The van der Waals surface area contributed by atoms with Crippen LogP contribution in [0.25, 0.3) is 5.69 Å². The summed E-state index contributed by atoms with van der Waals surface area (Å²) < 4.78 is 1.60. The first kappa shape index (κ1) is 21.2. The number of aromatic amines is 1. The van der Waals surface area contributed by atoms with Crippen molar-refractivity contribution in [3.05, 3.63) is 79.7 Å². The van der Waals surface area contributed by atoms with Crippen molar-refractivity contribution in [2.24, 2.45) is 22.7 Å². The minimum absolute atomic E-state index is 0.128. The molecule has 0 unspecified atom stereocenters. The first-order valence-corrected chi connectivity index (χ1v) is 12.6. The van der Waals surface area contributed by atoms with E-state index in [1.807, 2.05) is 6.92 Å². The fourth-order valence-electron chi connectivity index (χ4n) is 7.05. The number of halogens is 2. The van der Waals surface area contributed by atoms with E-state index in [1.165, 1.54) is 44.1 Å². The van der Waals surface area contributed by atoms with E-state index in [1.54, 1.807) is 29.1 Å². The molecule has 0 amide bonds. The van der Waals surface area contributed by atoms with Crippen LogP contribution in [-0.4, -0.2) is 16.0 Å². The highest BCUT2D eigenvalue weighted by atomic mass is 35.5. The molecule has 0 saturated heterocycles. The molecule has 1 aromatic heterocycles. The van der Waals surface area contributed by atoms with Gasteiger partial charge in [-0.3, -0.25) is 14.9 Å². The van der Waals surface area contributed by atoms with Gasteiger partial charge in [-0.05, 0) is 98.4 Å². The molecular formula is C27H27Cl2N3O. The second kappa shape index (κ2) is 7.89. The molecule has 2 aromatic carbocycles. The fourth-order valence-corrected chi connectivity index (χ4v) is 7.39. The number of hydrogen-bond acceptors (Lipinski definition) is 2. The standard InChI is InChI=1S/C27H27Cl2N3O/c1-16-22(15-30-24-4-2-3-23(28)25(24)29)26(33)32(31-16)21-7-5-20(6-8-21)27-12-17-9-18(13-27)11-19(10-17)14-27/h2-8,15,17-19,31H,9-14H2,1H3. The molecule has 3 aromatic rings. The summed E-state index contributed by atoms with van der Waals surface area (Å²) in [5.41, 5.74) is 4.34. The van der Waals surface area contributed by atoms with Crippen LogP contribution >= 0.6 is 23.2 Å². The quantitative estimate of drug-likeness (QED) is 0.402. The van der Waals surface area contributed by atoms with Crippen molar-refractivity contribution in [3.8, 4) is 5.69 Å². The third-order valence-electron chi connectivity index (χ3n) is 8.16. The first-order valence-electron chi connectivity index (χ1n) is 11.8. The van der Waals surface area contributed by atoms with Gasteiger partial charge in [-0.1, -0.05) is 41.4 Å². The maximum Gasteiger partial charge on any atom is 0.280 e. The van der Waals surface area contributed by atoms with E-state index in [0.717, 1.165) is 29.1 Å². The Balaban J connectivity index is 1.29. The lowest BCUT2D eigenvalue weighted by molar-refractivity contribution is -0.00518. The Kier molecular flexibility index (Phi) is 5.08. The fraction of sp³-hybridized carbons (Fsp3) is 0.407. The lowest BCUT2D eigenvalue weighted by atomic mass is 9.48. The van der Waals surface area contributed by atoms with Crippen LogP contribution in [0.3, 0.4) is 0 Å². The van der Waals surface area contributed by atoms with Crippen molar-refractivity contribution in [1.29, 1.82) is 0 Å². The normalized spacial score (nSPS) is 28.2. The molecule has 170 valence electrons. The van der Waals surface area contributed by atoms with E-state index in [0.29, 0.717) is 26.7 Å². The summed E-state index contributed by atoms with van der Waals surface area (Å²) in [6.07, 6.45) is 9.91. The van der Waals surface area contributed by atoms with Crippen LogP contribution in [0, 0.1) is 24.7 Å². The highest BCUT2D eigenvalue weighted by Crippen LogP contribution is 2.60. The van der Waals surface area contributed by atoms with Gasteiger partial charge in [-0.25, -0.2) is 4.68 Å². The molecule has 33 heavy (non-hydrogen) atoms. The van der Waals surface area contributed by atoms with Crippen LogP contribution in [0.2, 0.25) is 10.0 Å². The van der Waals surface area contributed by atoms with Gasteiger partial charge in [-0.15, -0.1) is 0 Å². The van der Waals surface area contributed by atoms with Gasteiger partial charge in [0.1, 0.15) is 0 Å². The molecule has 1 heterocycles. The number of nitrogens with one attached hydrogen (secondary N) is 1. The molecule has 0 radical (unpaired) electrons. The zero-order valence-electron chi connectivity index (χ0n) is 18.7. The molecule has 6 heteroatoms. The number of benzene rings is 2. The summed E-state index contributed by atoms with van der Waals surface area (Å²) in [6, 6.07) is 13.9. The lowest BCUT2D eigenvalue weighted by Gasteiger charge is -2.57. The third-order valence-corrected chi connectivity index (χ3v) is 8.97. The van der Waals surface area contributed by atoms with E-state index in [2.05, 4.69) is 34.4 Å². The summed E-state index contributed by atoms with van der Waals surface area (Å²) in [5.74, 6) is 2.75. The van der Waals surface area contributed by atoms with E-state index in [-0.39, 0.29) is 5.56 Å². The van der Waals surface area contributed by atoms with Crippen LogP contribution in [0.4, 0.5) is 5.69 Å². The minimum atomic E-state index is -0.128. The highest BCUT2D eigenvalue weighted by molar-refractivity contribution is 6.43. The van der Waals surface area contributed by atoms with Crippen molar-refractivity contribution in [1.82, 2.24) is 9.78 Å². The minimum Gasteiger partial charge on any atom is -0.295 e. The van der Waals surface area contributed by atoms with Crippen molar-refractivity contribution in [2.45, 2.75) is 50.9 Å². The Morgan fingerprint density at radius 3 is 2.27 bits per heavy atom. The van der Waals surface area contributed by atoms with Crippen molar-refractivity contribution in [2.75, 3.05) is 0 Å². The van der Waals surface area contributed by atoms with E-state index in [4.69, 9.17) is 23.2 Å². The Labute approximate surface area is 203 Å². The second-order valence-electron chi connectivity index (χ2n) is 10.4. The van der Waals surface area contributed by atoms with Crippen molar-refractivity contribution >= 4 is 35.1 Å². The molecule has 0 aliphatic heterocycles. The zero-order chi connectivity index (χ0) is 22.7. The molecule has 4 nitrogen and oxygen atoms in total. The third kappa shape index (κ3) is 3.59. The Hall–Kier alpha value is -2.30. The molecule has 4 aliphatic rings. The number of aliphatic imine (C=N–C) groups is 1. The first-order chi connectivity index (χ1) is 15.9. The van der Waals surface area contributed by atoms with Crippen LogP contribution in [0.5, 0.6) is 0 Å². The summed E-state index contributed by atoms with van der Waals surface area (Å²) in [6.45, 7) is 1.88. The Morgan fingerprint density at radius 1 is 1.00 bits per heavy atom. The van der Waals surface area contributed by atoms with Gasteiger partial charge in [0.25, 0.3) is 5.56 Å². The number of hydrogen-bond donors (Lipinski definition) is 1. The number of aryl methyl sites for hydroxylation is 1. The number of nitrogens with zero attached hydrogens (tertiary/aromatic N) is 2. The van der Waals surface area contributed by atoms with E-state index < -0.39 is 0 Å². The number of rotatable bonds is 4. The molecule has 0 spiro atoms. The van der Waals surface area contributed by atoms with E-state index >= 15 is 0 Å². The van der Waals surface area contributed by atoms with Crippen molar-refractivity contribution in [3.63, 3.8) is 0 Å². The smallest absolute Gasteiger partial charge is 0.280 e. The van der Waals surface area contributed by atoms with E-state index in [9.17, 15) is 4.79 Å². The predicted molar refractivity (Wildman–Crippen MR) is 135 cm³/mol. The summed E-state index contributed by atoms with van der Waals surface area (Å²) in [5, 5.41) is 4.02. The molecule has 4 aliphatic carbocycles. The molecule has 1 N–H and O–H groups in total. The molecule has 7 rings (SSSR count). The Morgan fingerprint density at radius 2 is 1.64 bits per heavy atom. The molecule has 4 bridgehead atoms. The highest BCUT2D eigenvalue weighted by Gasteiger charge is 2.51. The molecule has 4 fully saturated rings.